The molecule has 0 aliphatic carbocycles. The van der Waals surface area contributed by atoms with Crippen LogP contribution in [0.1, 0.15) is 30.2 Å². The normalized spacial score (nSPS) is 16.4. The van der Waals surface area contributed by atoms with Crippen molar-refractivity contribution in [2.45, 2.75) is 25.4 Å². The van der Waals surface area contributed by atoms with Crippen molar-refractivity contribution in [1.29, 1.82) is 0 Å². The van der Waals surface area contributed by atoms with Crippen molar-refractivity contribution < 1.29 is 44.4 Å². The van der Waals surface area contributed by atoms with Crippen LogP contribution < -0.4 is 14.3 Å². The van der Waals surface area contributed by atoms with E-state index >= 15 is 0 Å². The molecule has 13 heteroatoms. The van der Waals surface area contributed by atoms with Gasteiger partial charge in [-0.25, -0.2) is 9.18 Å². The lowest BCUT2D eigenvalue weighted by Crippen LogP contribution is -2.30. The lowest BCUT2D eigenvalue weighted by molar-refractivity contribution is -0.0501. The molecule has 0 N–H and O–H groups in total. The molecule has 2 heterocycles. The predicted octanol–water partition coefficient (Wildman–Crippen LogP) is 2.50. The van der Waals surface area contributed by atoms with Gasteiger partial charge in [0.05, 0.1) is 23.6 Å². The number of hydrogen-bond donors (Lipinski definition) is 0. The lowest BCUT2D eigenvalue weighted by Gasteiger charge is -2.28. The van der Waals surface area contributed by atoms with E-state index in [2.05, 4.69) is 4.18 Å². The molecule has 158 valence electrons. The molecule has 1 atom stereocenters. The summed E-state index contributed by atoms with van der Waals surface area (Å²) in [5, 5.41) is -0.411. The molecule has 1 aromatic carbocycles. The summed E-state index contributed by atoms with van der Waals surface area (Å²) in [5.74, 6) is -4.58. The third kappa shape index (κ3) is 3.39. The molecule has 2 aromatic rings. The van der Waals surface area contributed by atoms with Crippen LogP contribution in [0, 0.1) is 5.82 Å². The van der Waals surface area contributed by atoms with E-state index in [4.69, 9.17) is 9.47 Å². The summed E-state index contributed by atoms with van der Waals surface area (Å²) in [7, 11) is -6.20. The van der Waals surface area contributed by atoms with Gasteiger partial charge in [0, 0.05) is 6.20 Å². The third-order valence-electron chi connectivity index (χ3n) is 4.10. The van der Waals surface area contributed by atoms with E-state index in [1.165, 1.54) is 11.5 Å². The topological polar surface area (TPSA) is 101 Å². The van der Waals surface area contributed by atoms with Crippen LogP contribution in [0.15, 0.2) is 17.1 Å². The first-order valence-corrected chi connectivity index (χ1v) is 9.52. The van der Waals surface area contributed by atoms with Crippen molar-refractivity contribution in [3.05, 3.63) is 33.9 Å². The van der Waals surface area contributed by atoms with E-state index in [0.29, 0.717) is 6.07 Å². The zero-order valence-electron chi connectivity index (χ0n) is 14.9. The second-order valence-corrected chi connectivity index (χ2v) is 7.59. The Labute approximate surface area is 160 Å². The van der Waals surface area contributed by atoms with E-state index in [1.807, 2.05) is 0 Å². The number of ether oxygens (including phenoxy) is 2. The van der Waals surface area contributed by atoms with Gasteiger partial charge < -0.3 is 18.2 Å². The summed E-state index contributed by atoms with van der Waals surface area (Å²) < 4.78 is 90.3. The highest BCUT2D eigenvalue weighted by Crippen LogP contribution is 2.43. The number of benzene rings is 1. The SMILES string of the molecule is CCOC(=O)c1cn2c3c(c(OS(=O)(=O)C(F)(F)F)c(F)cc3c1=O)OCC2C. The highest BCUT2D eigenvalue weighted by atomic mass is 32.2. The maximum Gasteiger partial charge on any atom is 0.534 e. The molecular formula is C16H13F4NO7S. The number of halogens is 4. The Morgan fingerprint density at radius 2 is 2.03 bits per heavy atom. The number of rotatable bonds is 4. The van der Waals surface area contributed by atoms with Gasteiger partial charge in [0.2, 0.25) is 11.2 Å². The minimum atomic E-state index is -6.20. The zero-order chi connectivity index (χ0) is 21.7. The molecule has 0 saturated carbocycles. The van der Waals surface area contributed by atoms with E-state index in [0.717, 1.165) is 6.20 Å². The highest BCUT2D eigenvalue weighted by Gasteiger charge is 2.49. The fraction of sp³-hybridized carbons (Fsp3) is 0.375. The number of esters is 1. The van der Waals surface area contributed by atoms with Crippen LogP contribution in [0.25, 0.3) is 10.9 Å². The van der Waals surface area contributed by atoms with Gasteiger partial charge in [-0.2, -0.15) is 21.6 Å². The van der Waals surface area contributed by atoms with Gasteiger partial charge in [0.25, 0.3) is 0 Å². The van der Waals surface area contributed by atoms with Crippen LogP contribution in [0.4, 0.5) is 17.6 Å². The first kappa shape index (κ1) is 20.9. The number of alkyl halides is 3. The van der Waals surface area contributed by atoms with Crippen molar-refractivity contribution >= 4 is 27.0 Å². The minimum Gasteiger partial charge on any atom is -0.485 e. The van der Waals surface area contributed by atoms with Gasteiger partial charge in [-0.05, 0) is 19.9 Å². The average molecular weight is 439 g/mol. The Balaban J connectivity index is 2.33. The smallest absolute Gasteiger partial charge is 0.485 e. The molecule has 0 spiro atoms. The van der Waals surface area contributed by atoms with Crippen LogP contribution in [-0.2, 0) is 14.9 Å². The number of carbonyl (C=O) groups excluding carboxylic acids is 1. The summed E-state index contributed by atoms with van der Waals surface area (Å²) in [6, 6.07) is -0.0421. The molecule has 0 bridgehead atoms. The van der Waals surface area contributed by atoms with Gasteiger partial charge in [-0.1, -0.05) is 0 Å². The maximum atomic E-state index is 14.5. The third-order valence-corrected chi connectivity index (χ3v) is 5.05. The largest absolute Gasteiger partial charge is 0.534 e. The molecule has 29 heavy (non-hydrogen) atoms. The average Bonchev–Trinajstić information content (AvgIpc) is 2.61. The summed E-state index contributed by atoms with van der Waals surface area (Å²) >= 11 is 0. The van der Waals surface area contributed by atoms with Crippen LogP contribution in [-0.4, -0.2) is 37.7 Å². The molecular weight excluding hydrogens is 426 g/mol. The maximum absolute atomic E-state index is 14.5. The van der Waals surface area contributed by atoms with Gasteiger partial charge >= 0.3 is 21.6 Å². The van der Waals surface area contributed by atoms with Crippen molar-refractivity contribution in [2.75, 3.05) is 13.2 Å². The number of aromatic nitrogens is 1. The fourth-order valence-corrected chi connectivity index (χ4v) is 3.26. The van der Waals surface area contributed by atoms with Crippen molar-refractivity contribution in [2.24, 2.45) is 0 Å². The second-order valence-electron chi connectivity index (χ2n) is 6.06. The Hall–Kier alpha value is -2.83. The number of hydrogen-bond acceptors (Lipinski definition) is 7. The van der Waals surface area contributed by atoms with Crippen molar-refractivity contribution in [3.63, 3.8) is 0 Å². The number of carbonyl (C=O) groups is 1. The van der Waals surface area contributed by atoms with E-state index in [9.17, 15) is 35.6 Å². The van der Waals surface area contributed by atoms with Crippen LogP contribution in [0.5, 0.6) is 11.5 Å². The Morgan fingerprint density at radius 1 is 1.38 bits per heavy atom. The summed E-state index contributed by atoms with van der Waals surface area (Å²) in [5.41, 5.74) is -7.40. The predicted molar refractivity (Wildman–Crippen MR) is 89.9 cm³/mol. The molecule has 1 unspecified atom stereocenters. The molecule has 0 radical (unpaired) electrons. The summed E-state index contributed by atoms with van der Waals surface area (Å²) in [6.45, 7) is 2.85. The van der Waals surface area contributed by atoms with E-state index in [-0.39, 0.29) is 18.7 Å². The second kappa shape index (κ2) is 6.90. The molecule has 8 nitrogen and oxygen atoms in total. The summed E-state index contributed by atoms with van der Waals surface area (Å²) in [6.07, 6.45) is 1.10. The number of nitrogens with zero attached hydrogens (tertiary/aromatic N) is 1. The zero-order valence-corrected chi connectivity index (χ0v) is 15.7. The summed E-state index contributed by atoms with van der Waals surface area (Å²) in [4.78, 5) is 24.7. The molecule has 3 rings (SSSR count). The highest BCUT2D eigenvalue weighted by molar-refractivity contribution is 7.88. The van der Waals surface area contributed by atoms with Crippen LogP contribution in [0.2, 0.25) is 0 Å². The monoisotopic (exact) mass is 439 g/mol. The molecule has 1 aliphatic rings. The fourth-order valence-electron chi connectivity index (χ4n) is 2.79. The lowest BCUT2D eigenvalue weighted by atomic mass is 10.1. The van der Waals surface area contributed by atoms with Crippen molar-refractivity contribution in [3.8, 4) is 11.5 Å². The first-order valence-electron chi connectivity index (χ1n) is 8.11. The number of pyridine rings is 1. The quantitative estimate of drug-likeness (QED) is 0.312. The Bertz CT molecular complexity index is 1170. The van der Waals surface area contributed by atoms with Crippen LogP contribution in [0.3, 0.4) is 0 Å². The van der Waals surface area contributed by atoms with Crippen molar-refractivity contribution in [1.82, 2.24) is 4.57 Å². The Kier molecular flexibility index (Phi) is 4.97. The Morgan fingerprint density at radius 3 is 2.62 bits per heavy atom. The standard InChI is InChI=1S/C16H13F4NO7S/c1-3-26-15(23)9-5-21-7(2)6-27-14-11(21)8(12(9)22)4-10(17)13(14)28-29(24,25)16(18,19)20/h4-5,7H,3,6H2,1-2H3. The molecule has 1 aromatic heterocycles. The van der Waals surface area contributed by atoms with Gasteiger partial charge in [-0.3, -0.25) is 4.79 Å². The molecule has 1 aliphatic heterocycles. The molecule has 0 saturated heterocycles. The van der Waals surface area contributed by atoms with Gasteiger partial charge in [0.15, 0.2) is 11.6 Å². The first-order chi connectivity index (χ1) is 13.4. The van der Waals surface area contributed by atoms with Gasteiger partial charge in [-0.15, -0.1) is 0 Å². The molecule has 0 amide bonds. The van der Waals surface area contributed by atoms with Crippen LogP contribution >= 0.6 is 0 Å². The van der Waals surface area contributed by atoms with E-state index < -0.39 is 61.3 Å². The molecule has 0 fully saturated rings. The van der Waals surface area contributed by atoms with E-state index in [1.54, 1.807) is 6.92 Å². The minimum absolute atomic E-state index is 0.0311. The van der Waals surface area contributed by atoms with Gasteiger partial charge in [0.1, 0.15) is 12.2 Å².